The van der Waals surface area contributed by atoms with Gasteiger partial charge >= 0.3 is 0 Å². The molecule has 1 aromatic heterocycles. The van der Waals surface area contributed by atoms with Crippen molar-refractivity contribution in [2.24, 2.45) is 5.73 Å². The lowest BCUT2D eigenvalue weighted by molar-refractivity contribution is 0.202. The normalized spacial score (nSPS) is 11.8. The van der Waals surface area contributed by atoms with E-state index >= 15 is 0 Å². The van der Waals surface area contributed by atoms with Crippen molar-refractivity contribution >= 4 is 33.5 Å². The van der Waals surface area contributed by atoms with Gasteiger partial charge in [0.2, 0.25) is 0 Å². The number of halogens is 2. The summed E-state index contributed by atoms with van der Waals surface area (Å²) in [6.45, 7) is 1.37. The zero-order chi connectivity index (χ0) is 20.8. The summed E-state index contributed by atoms with van der Waals surface area (Å²) in [4.78, 5) is 4.27. The quantitative estimate of drug-likeness (QED) is 0.398. The van der Waals surface area contributed by atoms with Crippen LogP contribution < -0.4 is 15.2 Å². The van der Waals surface area contributed by atoms with E-state index in [1.165, 1.54) is 13.2 Å². The van der Waals surface area contributed by atoms with E-state index in [9.17, 15) is 4.39 Å². The molecule has 5 N–H and O–H groups in total. The van der Waals surface area contributed by atoms with Gasteiger partial charge in [-0.25, -0.2) is 9.37 Å². The van der Waals surface area contributed by atoms with Crippen molar-refractivity contribution in [2.75, 3.05) is 20.3 Å². The second kappa shape index (κ2) is 9.83. The van der Waals surface area contributed by atoms with Crippen molar-refractivity contribution in [1.82, 2.24) is 4.98 Å². The molecule has 28 heavy (non-hydrogen) atoms. The molecule has 0 aliphatic rings. The van der Waals surface area contributed by atoms with Gasteiger partial charge in [-0.1, -0.05) is 11.6 Å². The number of thioether (sulfide) groups is 1. The molecular weight excluding hydrogens is 407 g/mol. The number of aromatic nitrogens is 1. The Morgan fingerprint density at radius 1 is 1.32 bits per heavy atom. The van der Waals surface area contributed by atoms with Crippen molar-refractivity contribution in [3.8, 4) is 11.5 Å². The minimum atomic E-state index is -0.722. The van der Waals surface area contributed by atoms with E-state index in [0.717, 1.165) is 17.8 Å². The summed E-state index contributed by atoms with van der Waals surface area (Å²) < 4.78 is 24.6. The second-order valence-corrected chi connectivity index (χ2v) is 7.19. The smallest absolute Gasteiger partial charge is 0.165 e. The highest BCUT2D eigenvalue weighted by atomic mass is 35.5. The SMILES string of the molecule is COc1ccc(C(=N)SC(=N)c2cc(F)c(OCC(N)CO)cc2Cl)nc1C. The van der Waals surface area contributed by atoms with Crippen molar-refractivity contribution < 1.29 is 19.0 Å². The number of hydrogen-bond acceptors (Lipinski definition) is 8. The van der Waals surface area contributed by atoms with Gasteiger partial charge in [-0.2, -0.15) is 0 Å². The van der Waals surface area contributed by atoms with Crippen LogP contribution >= 0.6 is 23.4 Å². The monoisotopic (exact) mass is 426 g/mol. The summed E-state index contributed by atoms with van der Waals surface area (Å²) in [5.74, 6) is -0.254. The number of methoxy groups -OCH3 is 1. The molecule has 150 valence electrons. The number of nitrogens with two attached hydrogens (primary N) is 1. The van der Waals surface area contributed by atoms with E-state index < -0.39 is 11.9 Å². The maximum atomic E-state index is 14.3. The van der Waals surface area contributed by atoms with Crippen LogP contribution in [0.15, 0.2) is 24.3 Å². The zero-order valence-corrected chi connectivity index (χ0v) is 16.8. The first-order valence-corrected chi connectivity index (χ1v) is 9.31. The first-order chi connectivity index (χ1) is 13.3. The predicted molar refractivity (Wildman–Crippen MR) is 109 cm³/mol. The van der Waals surface area contributed by atoms with Crippen LogP contribution in [-0.2, 0) is 0 Å². The van der Waals surface area contributed by atoms with Gasteiger partial charge in [-0.15, -0.1) is 0 Å². The van der Waals surface area contributed by atoms with E-state index in [1.54, 1.807) is 19.1 Å². The van der Waals surface area contributed by atoms with E-state index in [-0.39, 0.29) is 39.6 Å². The van der Waals surface area contributed by atoms with Gasteiger partial charge in [0.15, 0.2) is 11.6 Å². The number of aliphatic hydroxyl groups is 1. The summed E-state index contributed by atoms with van der Waals surface area (Å²) in [5.41, 5.74) is 6.62. The summed E-state index contributed by atoms with van der Waals surface area (Å²) in [6.07, 6.45) is 0. The Hall–Kier alpha value is -2.20. The number of rotatable bonds is 7. The molecule has 0 amide bonds. The van der Waals surface area contributed by atoms with Crippen LogP contribution in [0.5, 0.6) is 11.5 Å². The fraction of sp³-hybridized carbons (Fsp3) is 0.278. The van der Waals surface area contributed by atoms with E-state index in [0.29, 0.717) is 17.1 Å². The molecule has 0 saturated heterocycles. The maximum absolute atomic E-state index is 14.3. The summed E-state index contributed by atoms with van der Waals surface area (Å²) in [7, 11) is 1.53. The molecular formula is C18H20ClFN4O3S. The number of nitrogens with zero attached hydrogens (tertiary/aromatic N) is 1. The molecule has 10 heteroatoms. The van der Waals surface area contributed by atoms with Gasteiger partial charge < -0.3 is 20.3 Å². The molecule has 7 nitrogen and oxygen atoms in total. The molecule has 0 bridgehead atoms. The van der Waals surface area contributed by atoms with Gasteiger partial charge in [0.25, 0.3) is 0 Å². The lowest BCUT2D eigenvalue weighted by Crippen LogP contribution is -2.31. The lowest BCUT2D eigenvalue weighted by atomic mass is 10.2. The number of aryl methyl sites for hydroxylation is 1. The van der Waals surface area contributed by atoms with Crippen molar-refractivity contribution in [2.45, 2.75) is 13.0 Å². The molecule has 0 radical (unpaired) electrons. The molecule has 0 aliphatic carbocycles. The number of benzene rings is 1. The van der Waals surface area contributed by atoms with Crippen LogP contribution in [0.1, 0.15) is 17.0 Å². The Morgan fingerprint density at radius 2 is 2.04 bits per heavy atom. The summed E-state index contributed by atoms with van der Waals surface area (Å²) in [6, 6.07) is 4.96. The maximum Gasteiger partial charge on any atom is 0.165 e. The van der Waals surface area contributed by atoms with E-state index in [1.807, 2.05) is 0 Å². The molecule has 0 spiro atoms. The Balaban J connectivity index is 2.14. The minimum Gasteiger partial charge on any atom is -0.495 e. The van der Waals surface area contributed by atoms with Crippen molar-refractivity contribution in [3.63, 3.8) is 0 Å². The Labute approximate surface area is 171 Å². The average Bonchev–Trinajstić information content (AvgIpc) is 2.67. The molecule has 1 heterocycles. The number of hydrogen-bond donors (Lipinski definition) is 4. The fourth-order valence-corrected chi connectivity index (χ4v) is 3.17. The van der Waals surface area contributed by atoms with Crippen LogP contribution in [-0.4, -0.2) is 46.5 Å². The lowest BCUT2D eigenvalue weighted by Gasteiger charge is -2.13. The molecule has 0 saturated carbocycles. The second-order valence-electron chi connectivity index (χ2n) is 5.76. The fourth-order valence-electron chi connectivity index (χ4n) is 2.16. The first kappa shape index (κ1) is 22.1. The number of aliphatic hydroxyl groups excluding tert-OH is 1. The minimum absolute atomic E-state index is 0.0153. The summed E-state index contributed by atoms with van der Waals surface area (Å²) in [5, 5.41) is 25.2. The summed E-state index contributed by atoms with van der Waals surface area (Å²) >= 11 is 6.95. The predicted octanol–water partition coefficient (Wildman–Crippen LogP) is 2.97. The van der Waals surface area contributed by atoms with Gasteiger partial charge in [0.05, 0.1) is 36.2 Å². The number of ether oxygens (including phenoxy) is 2. The van der Waals surface area contributed by atoms with Crippen LogP contribution in [0.4, 0.5) is 4.39 Å². The molecule has 1 atom stereocenters. The van der Waals surface area contributed by atoms with Gasteiger partial charge in [-0.3, -0.25) is 10.8 Å². The third kappa shape index (κ3) is 5.41. The largest absolute Gasteiger partial charge is 0.495 e. The highest BCUT2D eigenvalue weighted by Gasteiger charge is 2.17. The topological polar surface area (TPSA) is 125 Å². The van der Waals surface area contributed by atoms with Crippen LogP contribution in [0, 0.1) is 23.6 Å². The number of pyridine rings is 1. The van der Waals surface area contributed by atoms with Crippen molar-refractivity contribution in [3.05, 3.63) is 52.1 Å². The highest BCUT2D eigenvalue weighted by Crippen LogP contribution is 2.30. The van der Waals surface area contributed by atoms with Gasteiger partial charge in [0, 0.05) is 11.6 Å². The third-order valence-electron chi connectivity index (χ3n) is 3.65. The van der Waals surface area contributed by atoms with E-state index in [4.69, 9.17) is 42.7 Å². The molecule has 1 unspecified atom stereocenters. The van der Waals surface area contributed by atoms with Crippen LogP contribution in [0.3, 0.4) is 0 Å². The zero-order valence-electron chi connectivity index (χ0n) is 15.3. The molecule has 0 fully saturated rings. The molecule has 2 rings (SSSR count). The third-order valence-corrected chi connectivity index (χ3v) is 4.80. The van der Waals surface area contributed by atoms with E-state index in [2.05, 4.69) is 4.98 Å². The Morgan fingerprint density at radius 3 is 2.64 bits per heavy atom. The molecule has 1 aromatic carbocycles. The first-order valence-electron chi connectivity index (χ1n) is 8.12. The highest BCUT2D eigenvalue weighted by molar-refractivity contribution is 8.27. The Kier molecular flexibility index (Phi) is 7.76. The average molecular weight is 427 g/mol. The molecule has 2 aromatic rings. The van der Waals surface area contributed by atoms with Crippen molar-refractivity contribution in [1.29, 1.82) is 10.8 Å². The number of nitrogens with one attached hydrogen (secondary N) is 2. The Bertz CT molecular complexity index is 897. The van der Waals surface area contributed by atoms with Crippen LogP contribution in [0.25, 0.3) is 0 Å². The van der Waals surface area contributed by atoms with Gasteiger partial charge in [-0.05, 0) is 36.9 Å². The van der Waals surface area contributed by atoms with Gasteiger partial charge in [0.1, 0.15) is 22.4 Å². The standard InChI is InChI=1S/C18H20ClFN4O3S/c1-9-15(26-2)4-3-14(24-9)18(23)28-17(22)11-5-13(20)16(6-12(11)19)27-8-10(21)7-25/h3-6,10,22-23,25H,7-8,21H2,1-2H3. The molecule has 0 aliphatic heterocycles. The van der Waals surface area contributed by atoms with Crippen LogP contribution in [0.2, 0.25) is 5.02 Å².